The Hall–Kier alpha value is -0.830. The fraction of sp³-hybridized carbons (Fsp3) is 0.818. The minimum absolute atomic E-state index is 0.0478. The largest absolute Gasteiger partial charge is 0.378 e. The zero-order valence-corrected chi connectivity index (χ0v) is 10.7. The average Bonchev–Trinajstić information content (AvgIpc) is 2.36. The van der Waals surface area contributed by atoms with Crippen LogP contribution >= 0.6 is 11.6 Å². The second-order valence-corrected chi connectivity index (χ2v) is 4.50. The van der Waals surface area contributed by atoms with Gasteiger partial charge in [0.2, 0.25) is 5.91 Å². The van der Waals surface area contributed by atoms with E-state index in [1.54, 1.807) is 0 Å². The van der Waals surface area contributed by atoms with Gasteiger partial charge in [0.25, 0.3) is 0 Å². The third-order valence-electron chi connectivity index (χ3n) is 2.63. The summed E-state index contributed by atoms with van der Waals surface area (Å²) in [5.74, 6) is -0.0478. The first kappa shape index (κ1) is 14.2. The number of halogens is 1. The summed E-state index contributed by atoms with van der Waals surface area (Å²) in [6.07, 6.45) is 0.898. The fourth-order valence-corrected chi connectivity index (χ4v) is 1.89. The quantitative estimate of drug-likeness (QED) is 0.724. The monoisotopic (exact) mass is 259 g/mol. The van der Waals surface area contributed by atoms with Crippen LogP contribution in [0.4, 0.5) is 0 Å². The van der Waals surface area contributed by atoms with E-state index in [2.05, 4.69) is 5.32 Å². The topological polar surface area (TPSA) is 65.4 Å². The van der Waals surface area contributed by atoms with Crippen molar-refractivity contribution in [1.29, 1.82) is 5.26 Å². The van der Waals surface area contributed by atoms with Gasteiger partial charge in [0.1, 0.15) is 11.4 Å². The van der Waals surface area contributed by atoms with Gasteiger partial charge in [-0.2, -0.15) is 5.26 Å². The number of nitriles is 1. The van der Waals surface area contributed by atoms with E-state index < -0.39 is 5.38 Å². The molecule has 5 nitrogen and oxygen atoms in total. The van der Waals surface area contributed by atoms with Crippen molar-refractivity contribution in [3.63, 3.8) is 0 Å². The van der Waals surface area contributed by atoms with Crippen LogP contribution in [0.5, 0.6) is 0 Å². The van der Waals surface area contributed by atoms with Gasteiger partial charge in [0, 0.05) is 19.6 Å². The van der Waals surface area contributed by atoms with Crippen LogP contribution in [0.15, 0.2) is 0 Å². The molecule has 2 atom stereocenters. The highest BCUT2D eigenvalue weighted by Gasteiger charge is 2.30. The number of hydrogen-bond donors (Lipinski definition) is 1. The molecule has 0 radical (unpaired) electrons. The van der Waals surface area contributed by atoms with E-state index in [1.807, 2.05) is 17.9 Å². The summed E-state index contributed by atoms with van der Waals surface area (Å²) < 4.78 is 5.30. The normalized spacial score (nSPS) is 22.8. The Morgan fingerprint density at radius 2 is 2.53 bits per heavy atom. The van der Waals surface area contributed by atoms with Crippen molar-refractivity contribution in [2.45, 2.75) is 24.8 Å². The van der Waals surface area contributed by atoms with Gasteiger partial charge in [0.05, 0.1) is 19.3 Å². The van der Waals surface area contributed by atoms with Gasteiger partial charge in [-0.3, -0.25) is 9.69 Å². The predicted octanol–water partition coefficient (Wildman–Crippen LogP) is 0.344. The number of nitrogens with zero attached hydrogens (tertiary/aromatic N) is 2. The molecule has 0 bridgehead atoms. The number of amides is 1. The number of carbonyl (C=O) groups is 1. The van der Waals surface area contributed by atoms with Crippen LogP contribution in [0.2, 0.25) is 0 Å². The van der Waals surface area contributed by atoms with Gasteiger partial charge in [0.15, 0.2) is 0 Å². The van der Waals surface area contributed by atoms with E-state index in [-0.39, 0.29) is 11.9 Å². The van der Waals surface area contributed by atoms with Crippen molar-refractivity contribution >= 4 is 17.5 Å². The Labute approximate surface area is 107 Å². The molecule has 0 saturated carbocycles. The zero-order chi connectivity index (χ0) is 12.7. The summed E-state index contributed by atoms with van der Waals surface area (Å²) in [4.78, 5) is 13.8. The van der Waals surface area contributed by atoms with Crippen molar-refractivity contribution < 1.29 is 9.53 Å². The first-order valence-electron chi connectivity index (χ1n) is 5.82. The summed E-state index contributed by atoms with van der Waals surface area (Å²) in [5, 5.41) is 10.9. The molecule has 0 aromatic carbocycles. The van der Waals surface area contributed by atoms with Crippen LogP contribution in [-0.2, 0) is 9.53 Å². The van der Waals surface area contributed by atoms with Gasteiger partial charge in [-0.05, 0) is 6.42 Å². The molecule has 0 aromatic rings. The van der Waals surface area contributed by atoms with Crippen molar-refractivity contribution in [1.82, 2.24) is 10.2 Å². The summed E-state index contributed by atoms with van der Waals surface area (Å²) in [6.45, 7) is 4.63. The maximum atomic E-state index is 11.9. The number of carbonyl (C=O) groups excluding carboxylic acids is 1. The molecule has 6 heteroatoms. The number of hydrogen-bond acceptors (Lipinski definition) is 4. The third kappa shape index (κ3) is 4.50. The van der Waals surface area contributed by atoms with Crippen LogP contribution in [0, 0.1) is 11.3 Å². The highest BCUT2D eigenvalue weighted by Crippen LogP contribution is 2.10. The smallest absolute Gasteiger partial charge is 0.239 e. The molecule has 1 aliphatic heterocycles. The molecular weight excluding hydrogens is 242 g/mol. The minimum atomic E-state index is -0.588. The fourth-order valence-electron chi connectivity index (χ4n) is 1.71. The van der Waals surface area contributed by atoms with Crippen LogP contribution in [0.25, 0.3) is 0 Å². The van der Waals surface area contributed by atoms with Crippen LogP contribution < -0.4 is 5.32 Å². The van der Waals surface area contributed by atoms with E-state index in [1.165, 1.54) is 0 Å². The molecule has 1 rings (SSSR count). The number of ether oxygens (including phenoxy) is 1. The predicted molar refractivity (Wildman–Crippen MR) is 64.7 cm³/mol. The first-order valence-corrected chi connectivity index (χ1v) is 6.25. The molecule has 1 aliphatic rings. The molecule has 96 valence electrons. The molecule has 17 heavy (non-hydrogen) atoms. The molecule has 1 heterocycles. The van der Waals surface area contributed by atoms with Crippen molar-refractivity contribution in [2.24, 2.45) is 0 Å². The summed E-state index contributed by atoms with van der Waals surface area (Å²) in [7, 11) is 0. The number of alkyl halides is 1. The lowest BCUT2D eigenvalue weighted by atomic mass is 10.2. The molecule has 1 amide bonds. The van der Waals surface area contributed by atoms with E-state index in [9.17, 15) is 4.79 Å². The lowest BCUT2D eigenvalue weighted by Crippen LogP contribution is -2.55. The molecule has 0 aliphatic carbocycles. The summed E-state index contributed by atoms with van der Waals surface area (Å²) in [5.41, 5.74) is 0. The highest BCUT2D eigenvalue weighted by molar-refractivity contribution is 6.22. The van der Waals surface area contributed by atoms with Crippen LogP contribution in [0.3, 0.4) is 0 Å². The zero-order valence-electron chi connectivity index (χ0n) is 9.99. The molecule has 2 unspecified atom stereocenters. The SMILES string of the molecule is CCCNC(=O)C1COCCN1CC(Cl)C#N. The average molecular weight is 260 g/mol. The van der Waals surface area contributed by atoms with E-state index >= 15 is 0 Å². The Kier molecular flexibility index (Phi) is 6.27. The lowest BCUT2D eigenvalue weighted by molar-refractivity contribution is -0.132. The lowest BCUT2D eigenvalue weighted by Gasteiger charge is -2.34. The third-order valence-corrected chi connectivity index (χ3v) is 2.86. The van der Waals surface area contributed by atoms with Gasteiger partial charge >= 0.3 is 0 Å². The van der Waals surface area contributed by atoms with E-state index in [0.29, 0.717) is 32.8 Å². The molecule has 1 saturated heterocycles. The van der Waals surface area contributed by atoms with Crippen LogP contribution in [0.1, 0.15) is 13.3 Å². The molecular formula is C11H18ClN3O2. The second kappa shape index (κ2) is 7.49. The second-order valence-electron chi connectivity index (χ2n) is 3.97. The molecule has 1 N–H and O–H groups in total. The van der Waals surface area contributed by atoms with Crippen molar-refractivity contribution in [3.8, 4) is 6.07 Å². The molecule has 0 spiro atoms. The van der Waals surface area contributed by atoms with Gasteiger partial charge in [-0.1, -0.05) is 6.92 Å². The minimum Gasteiger partial charge on any atom is -0.378 e. The van der Waals surface area contributed by atoms with E-state index in [0.717, 1.165) is 6.42 Å². The Bertz CT molecular complexity index is 293. The maximum Gasteiger partial charge on any atom is 0.239 e. The van der Waals surface area contributed by atoms with E-state index in [4.69, 9.17) is 21.6 Å². The summed E-state index contributed by atoms with van der Waals surface area (Å²) in [6, 6.07) is 1.64. The highest BCUT2D eigenvalue weighted by atomic mass is 35.5. The Morgan fingerprint density at radius 3 is 3.18 bits per heavy atom. The number of morpholine rings is 1. The number of nitrogens with one attached hydrogen (secondary N) is 1. The molecule has 1 fully saturated rings. The molecule has 0 aromatic heterocycles. The van der Waals surface area contributed by atoms with Crippen LogP contribution in [-0.4, -0.2) is 55.1 Å². The Morgan fingerprint density at radius 1 is 1.76 bits per heavy atom. The first-order chi connectivity index (χ1) is 8.19. The standard InChI is InChI=1S/C11H18ClN3O2/c1-2-3-14-11(16)10-8-17-5-4-15(10)7-9(12)6-13/h9-10H,2-5,7-8H2,1H3,(H,14,16). The van der Waals surface area contributed by atoms with Gasteiger partial charge in [-0.15, -0.1) is 11.6 Å². The van der Waals surface area contributed by atoms with Crippen molar-refractivity contribution in [3.05, 3.63) is 0 Å². The number of rotatable bonds is 5. The van der Waals surface area contributed by atoms with Gasteiger partial charge < -0.3 is 10.1 Å². The van der Waals surface area contributed by atoms with Gasteiger partial charge in [-0.25, -0.2) is 0 Å². The summed E-state index contributed by atoms with van der Waals surface area (Å²) >= 11 is 5.80. The Balaban J connectivity index is 2.53. The maximum absolute atomic E-state index is 11.9. The van der Waals surface area contributed by atoms with Crippen molar-refractivity contribution in [2.75, 3.05) is 32.8 Å².